The molecule has 4 rings (SSSR count). The minimum atomic E-state index is -1.00. The van der Waals surface area contributed by atoms with Crippen LogP contribution in [-0.2, 0) is 14.9 Å². The number of primary amides is 1. The van der Waals surface area contributed by atoms with Gasteiger partial charge in [-0.2, -0.15) is 0 Å². The summed E-state index contributed by atoms with van der Waals surface area (Å²) in [6.45, 7) is 1.90. The number of amides is 1. The Labute approximate surface area is 203 Å². The van der Waals surface area contributed by atoms with Crippen molar-refractivity contribution in [3.05, 3.63) is 107 Å². The summed E-state index contributed by atoms with van der Waals surface area (Å²) >= 11 is 0. The van der Waals surface area contributed by atoms with Crippen LogP contribution in [0.3, 0.4) is 0 Å². The molecule has 182 valence electrons. The average Bonchev–Trinajstić information content (AvgIpc) is 3.24. The van der Waals surface area contributed by atoms with Gasteiger partial charge in [0.25, 0.3) is 0 Å². The van der Waals surface area contributed by atoms with Crippen molar-refractivity contribution < 1.29 is 27.6 Å². The van der Waals surface area contributed by atoms with Gasteiger partial charge in [0.05, 0.1) is 25.7 Å². The maximum atomic E-state index is 13.9. The fraction of sp³-hybridized carbons (Fsp3) is 0.286. The number of nitrogens with two attached hydrogens (primary N) is 1. The SMILES string of the molecule is C[N+]1(CCOC(=O)c2cc(F)ccc2F)CCC(C(C(N)=O)(c2ccccc2)c2ccccc2)C1. The normalized spacial score (nSPS) is 19.9. The fourth-order valence-corrected chi connectivity index (χ4v) is 5.35. The van der Waals surface area contributed by atoms with Crippen LogP contribution in [0.5, 0.6) is 0 Å². The lowest BCUT2D eigenvalue weighted by atomic mass is 9.64. The number of halogens is 2. The van der Waals surface area contributed by atoms with Crippen LogP contribution in [0.15, 0.2) is 78.9 Å². The first-order valence-electron chi connectivity index (χ1n) is 11.6. The Morgan fingerprint density at radius 2 is 1.60 bits per heavy atom. The van der Waals surface area contributed by atoms with Crippen molar-refractivity contribution in [2.24, 2.45) is 11.7 Å². The molecular weight excluding hydrogens is 450 g/mol. The molecule has 2 atom stereocenters. The Kier molecular flexibility index (Phi) is 6.98. The van der Waals surface area contributed by atoms with Gasteiger partial charge in [-0.25, -0.2) is 13.6 Å². The number of carbonyl (C=O) groups is 2. The number of nitrogens with zero attached hydrogens (tertiary/aromatic N) is 1. The number of likely N-dealkylation sites (tertiary alicyclic amines) is 1. The molecule has 3 aromatic carbocycles. The highest BCUT2D eigenvalue weighted by Crippen LogP contribution is 2.44. The highest BCUT2D eigenvalue weighted by atomic mass is 19.1. The zero-order chi connectivity index (χ0) is 25.1. The van der Waals surface area contributed by atoms with Crippen LogP contribution in [0.4, 0.5) is 8.78 Å². The van der Waals surface area contributed by atoms with E-state index in [1.807, 2.05) is 67.7 Å². The highest BCUT2D eigenvalue weighted by Gasteiger charge is 2.53. The molecule has 0 saturated carbocycles. The lowest BCUT2D eigenvalue weighted by molar-refractivity contribution is -0.899. The van der Waals surface area contributed by atoms with E-state index in [0.717, 1.165) is 42.3 Å². The van der Waals surface area contributed by atoms with Gasteiger partial charge in [0.2, 0.25) is 5.91 Å². The minimum Gasteiger partial charge on any atom is -0.456 e. The van der Waals surface area contributed by atoms with Crippen molar-refractivity contribution in [1.82, 2.24) is 0 Å². The Balaban J connectivity index is 1.54. The first-order valence-corrected chi connectivity index (χ1v) is 11.6. The van der Waals surface area contributed by atoms with Gasteiger partial charge in [0, 0.05) is 12.3 Å². The molecule has 0 aromatic heterocycles. The number of quaternary nitrogens is 1. The molecule has 0 bridgehead atoms. The summed E-state index contributed by atoms with van der Waals surface area (Å²) in [6, 6.07) is 21.9. The molecule has 2 unspecified atom stereocenters. The molecule has 35 heavy (non-hydrogen) atoms. The van der Waals surface area contributed by atoms with E-state index in [4.69, 9.17) is 10.5 Å². The smallest absolute Gasteiger partial charge is 0.341 e. The van der Waals surface area contributed by atoms with Crippen molar-refractivity contribution in [2.75, 3.05) is 33.3 Å². The third-order valence-electron chi connectivity index (χ3n) is 7.15. The van der Waals surface area contributed by atoms with E-state index in [0.29, 0.717) is 17.6 Å². The lowest BCUT2D eigenvalue weighted by Crippen LogP contribution is -2.51. The van der Waals surface area contributed by atoms with Crippen LogP contribution in [0.1, 0.15) is 27.9 Å². The van der Waals surface area contributed by atoms with E-state index in [1.54, 1.807) is 0 Å². The van der Waals surface area contributed by atoms with Crippen LogP contribution in [0.25, 0.3) is 0 Å². The molecule has 1 amide bonds. The second-order valence-corrected chi connectivity index (χ2v) is 9.40. The molecule has 1 saturated heterocycles. The van der Waals surface area contributed by atoms with E-state index in [2.05, 4.69) is 0 Å². The molecule has 0 aliphatic carbocycles. The number of rotatable bonds is 8. The zero-order valence-electron chi connectivity index (χ0n) is 19.6. The van der Waals surface area contributed by atoms with Crippen molar-refractivity contribution >= 4 is 11.9 Å². The third kappa shape index (κ3) is 4.82. The van der Waals surface area contributed by atoms with Gasteiger partial charge >= 0.3 is 5.97 Å². The number of hydrogen-bond donors (Lipinski definition) is 1. The summed E-state index contributed by atoms with van der Waals surface area (Å²) in [4.78, 5) is 25.5. The monoisotopic (exact) mass is 479 g/mol. The van der Waals surface area contributed by atoms with Crippen molar-refractivity contribution in [3.63, 3.8) is 0 Å². The predicted molar refractivity (Wildman–Crippen MR) is 128 cm³/mol. The Morgan fingerprint density at radius 3 is 2.17 bits per heavy atom. The summed E-state index contributed by atoms with van der Waals surface area (Å²) in [7, 11) is 2.04. The number of esters is 1. The summed E-state index contributed by atoms with van der Waals surface area (Å²) in [5.41, 5.74) is 6.43. The molecule has 3 aromatic rings. The topological polar surface area (TPSA) is 69.4 Å². The number of benzene rings is 3. The van der Waals surface area contributed by atoms with E-state index in [-0.39, 0.29) is 12.5 Å². The lowest BCUT2D eigenvalue weighted by Gasteiger charge is -2.38. The largest absolute Gasteiger partial charge is 0.456 e. The van der Waals surface area contributed by atoms with Gasteiger partial charge in [0.15, 0.2) is 0 Å². The molecular formula is C28H29F2N2O3+. The highest BCUT2D eigenvalue weighted by molar-refractivity contribution is 5.91. The molecule has 1 heterocycles. The molecule has 1 aliphatic heterocycles. The standard InChI is InChI=1S/C28H28F2N2O3/c1-32(16-17-35-26(33)24-18-23(29)12-13-25(24)30)15-14-22(19-32)28(27(31)34,20-8-4-2-5-9-20)21-10-6-3-7-11-21/h2-13,18,22H,14-17,19H2,1H3,(H-,31,34)/p+1. The maximum Gasteiger partial charge on any atom is 0.341 e. The molecule has 1 aliphatic rings. The van der Waals surface area contributed by atoms with Crippen LogP contribution in [0.2, 0.25) is 0 Å². The van der Waals surface area contributed by atoms with E-state index >= 15 is 0 Å². The molecule has 2 N–H and O–H groups in total. The quantitative estimate of drug-likeness (QED) is 0.391. The fourth-order valence-electron chi connectivity index (χ4n) is 5.35. The number of likely N-dealkylation sites (N-methyl/N-ethyl adjacent to an activating group) is 1. The van der Waals surface area contributed by atoms with Gasteiger partial charge in [0.1, 0.15) is 30.2 Å². The van der Waals surface area contributed by atoms with Crippen molar-refractivity contribution in [3.8, 4) is 0 Å². The van der Waals surface area contributed by atoms with Crippen molar-refractivity contribution in [2.45, 2.75) is 11.8 Å². The average molecular weight is 480 g/mol. The molecule has 0 radical (unpaired) electrons. The first-order chi connectivity index (χ1) is 16.8. The summed E-state index contributed by atoms with van der Waals surface area (Å²) in [6.07, 6.45) is 0.746. The van der Waals surface area contributed by atoms with E-state index in [1.165, 1.54) is 0 Å². The Bertz CT molecular complexity index is 1160. The van der Waals surface area contributed by atoms with Crippen molar-refractivity contribution in [1.29, 1.82) is 0 Å². The number of hydrogen-bond acceptors (Lipinski definition) is 3. The van der Waals surface area contributed by atoms with Gasteiger partial charge in [-0.1, -0.05) is 60.7 Å². The molecule has 5 nitrogen and oxygen atoms in total. The second-order valence-electron chi connectivity index (χ2n) is 9.40. The van der Waals surface area contributed by atoms with Gasteiger partial charge in [-0.05, 0) is 29.3 Å². The van der Waals surface area contributed by atoms with Gasteiger partial charge in [-0.15, -0.1) is 0 Å². The predicted octanol–water partition coefficient (Wildman–Crippen LogP) is 4.06. The minimum absolute atomic E-state index is 0.0399. The maximum absolute atomic E-state index is 13.9. The van der Waals surface area contributed by atoms with Crippen LogP contribution >= 0.6 is 0 Å². The summed E-state index contributed by atoms with van der Waals surface area (Å²) in [5, 5.41) is 0. The van der Waals surface area contributed by atoms with E-state index < -0.39 is 34.5 Å². The van der Waals surface area contributed by atoms with Crippen LogP contribution in [0, 0.1) is 17.6 Å². The summed E-state index contributed by atoms with van der Waals surface area (Å²) < 4.78 is 33.1. The van der Waals surface area contributed by atoms with Gasteiger partial charge < -0.3 is 15.0 Å². The first kappa shape index (κ1) is 24.5. The van der Waals surface area contributed by atoms with Crippen LogP contribution < -0.4 is 5.73 Å². The number of ether oxygens (including phenoxy) is 1. The number of carbonyl (C=O) groups excluding carboxylic acids is 2. The second kappa shape index (κ2) is 9.96. The Hall–Kier alpha value is -3.58. The molecule has 0 spiro atoms. The van der Waals surface area contributed by atoms with E-state index in [9.17, 15) is 18.4 Å². The third-order valence-corrected chi connectivity index (χ3v) is 7.15. The molecule has 7 heteroatoms. The zero-order valence-corrected chi connectivity index (χ0v) is 19.6. The van der Waals surface area contributed by atoms with Crippen LogP contribution in [-0.4, -0.2) is 49.6 Å². The van der Waals surface area contributed by atoms with Gasteiger partial charge in [-0.3, -0.25) is 4.79 Å². The Morgan fingerprint density at radius 1 is 1.00 bits per heavy atom. The summed E-state index contributed by atoms with van der Waals surface area (Å²) in [5.74, 6) is -2.91. The molecule has 1 fully saturated rings.